The number of halogens is 1. The van der Waals surface area contributed by atoms with Crippen LogP contribution < -0.4 is 0 Å². The summed E-state index contributed by atoms with van der Waals surface area (Å²) >= 11 is 5.22. The summed E-state index contributed by atoms with van der Waals surface area (Å²) in [6.07, 6.45) is 0.526. The molecule has 21 heavy (non-hydrogen) atoms. The van der Waals surface area contributed by atoms with Gasteiger partial charge < -0.3 is 5.11 Å². The second kappa shape index (κ2) is 5.23. The molecule has 1 atom stereocenters. The molecule has 3 rings (SSSR count). The number of fused-ring (bicyclic) bond motifs is 1. The number of aromatic nitrogens is 2. The molecule has 2 aromatic heterocycles. The zero-order valence-corrected chi connectivity index (χ0v) is 14.6. The van der Waals surface area contributed by atoms with Gasteiger partial charge in [0, 0.05) is 23.0 Å². The third-order valence-corrected chi connectivity index (χ3v) is 6.13. The van der Waals surface area contributed by atoms with Gasteiger partial charge in [0.1, 0.15) is 5.60 Å². The molecule has 0 amide bonds. The highest BCUT2D eigenvalue weighted by Crippen LogP contribution is 2.36. The Morgan fingerprint density at radius 2 is 2.10 bits per heavy atom. The van der Waals surface area contributed by atoms with Crippen LogP contribution >= 0.6 is 27.3 Å². The minimum absolute atomic E-state index is 0.526. The smallest absolute Gasteiger partial charge is 0.102 e. The van der Waals surface area contributed by atoms with E-state index >= 15 is 0 Å². The first-order valence-corrected chi connectivity index (χ1v) is 8.39. The molecule has 0 saturated carbocycles. The monoisotopic (exact) mass is 364 g/mol. The molecule has 0 saturated heterocycles. The van der Waals surface area contributed by atoms with Crippen molar-refractivity contribution in [2.24, 2.45) is 7.05 Å². The maximum Gasteiger partial charge on any atom is 0.102 e. The molecule has 0 aliphatic rings. The summed E-state index contributed by atoms with van der Waals surface area (Å²) in [5.41, 5.74) is 1.04. The van der Waals surface area contributed by atoms with Crippen molar-refractivity contribution < 1.29 is 5.11 Å². The lowest BCUT2D eigenvalue weighted by Gasteiger charge is -2.22. The van der Waals surface area contributed by atoms with Crippen molar-refractivity contribution in [3.05, 3.63) is 51.1 Å². The third kappa shape index (κ3) is 2.65. The zero-order chi connectivity index (χ0) is 15.2. The highest BCUT2D eigenvalue weighted by Gasteiger charge is 2.29. The number of aryl methyl sites for hydroxylation is 2. The summed E-state index contributed by atoms with van der Waals surface area (Å²) in [5, 5.41) is 16.5. The van der Waals surface area contributed by atoms with Crippen LogP contribution in [-0.2, 0) is 19.1 Å². The van der Waals surface area contributed by atoms with Crippen LogP contribution in [0.2, 0.25) is 0 Å². The van der Waals surface area contributed by atoms with Crippen molar-refractivity contribution in [3.8, 4) is 0 Å². The predicted molar refractivity (Wildman–Crippen MR) is 90.7 cm³/mol. The van der Waals surface area contributed by atoms with E-state index in [0.717, 1.165) is 20.7 Å². The number of thiophene rings is 1. The Labute approximate surface area is 136 Å². The van der Waals surface area contributed by atoms with Gasteiger partial charge in [-0.3, -0.25) is 4.68 Å². The largest absolute Gasteiger partial charge is 0.384 e. The maximum absolute atomic E-state index is 10.9. The Balaban J connectivity index is 1.99. The molecular weight excluding hydrogens is 348 g/mol. The minimum Gasteiger partial charge on any atom is -0.384 e. The van der Waals surface area contributed by atoms with Crippen LogP contribution in [0.3, 0.4) is 0 Å². The van der Waals surface area contributed by atoms with Gasteiger partial charge in [0.2, 0.25) is 0 Å². The third-order valence-electron chi connectivity index (χ3n) is 3.73. The summed E-state index contributed by atoms with van der Waals surface area (Å²) in [6.45, 7) is 3.83. The Bertz CT molecular complexity index is 771. The predicted octanol–water partition coefficient (Wildman–Crippen LogP) is 4.16. The number of aliphatic hydroxyl groups is 1. The van der Waals surface area contributed by atoms with Gasteiger partial charge in [0.25, 0.3) is 0 Å². The van der Waals surface area contributed by atoms with E-state index in [4.69, 9.17) is 0 Å². The number of nitrogens with zero attached hydrogens (tertiary/aromatic N) is 2. The lowest BCUT2D eigenvalue weighted by molar-refractivity contribution is 0.0593. The molecular formula is C16H17BrN2OS. The van der Waals surface area contributed by atoms with Crippen molar-refractivity contribution in [1.82, 2.24) is 9.78 Å². The maximum atomic E-state index is 10.9. The summed E-state index contributed by atoms with van der Waals surface area (Å²) < 4.78 is 4.01. The van der Waals surface area contributed by atoms with Gasteiger partial charge in [0.15, 0.2) is 0 Å². The molecule has 0 fully saturated rings. The number of hydrogen-bond donors (Lipinski definition) is 1. The van der Waals surface area contributed by atoms with E-state index in [-0.39, 0.29) is 0 Å². The van der Waals surface area contributed by atoms with E-state index in [1.165, 1.54) is 10.1 Å². The Morgan fingerprint density at radius 3 is 2.71 bits per heavy atom. The van der Waals surface area contributed by atoms with Gasteiger partial charge in [-0.05, 0) is 47.3 Å². The number of rotatable bonds is 3. The van der Waals surface area contributed by atoms with Crippen LogP contribution in [0.4, 0.5) is 0 Å². The SMILES string of the molecule is Cc1nn(C)c(CC(C)(O)c2cc3ccccc3s2)c1Br. The summed E-state index contributed by atoms with van der Waals surface area (Å²) in [6, 6.07) is 10.3. The fourth-order valence-corrected chi connectivity index (χ4v) is 4.11. The summed E-state index contributed by atoms with van der Waals surface area (Å²) in [7, 11) is 1.91. The van der Waals surface area contributed by atoms with Gasteiger partial charge in [-0.25, -0.2) is 0 Å². The van der Waals surface area contributed by atoms with Crippen LogP contribution in [0, 0.1) is 6.92 Å². The molecule has 0 bridgehead atoms. The van der Waals surface area contributed by atoms with E-state index in [9.17, 15) is 5.11 Å². The Morgan fingerprint density at radius 1 is 1.38 bits per heavy atom. The lowest BCUT2D eigenvalue weighted by Crippen LogP contribution is -2.24. The normalized spacial score (nSPS) is 14.5. The standard InChI is InChI=1S/C16H17BrN2OS/c1-10-15(17)12(19(3)18-10)9-16(2,20)14-8-11-6-4-5-7-13(11)21-14/h4-8,20H,9H2,1-3H3. The first kappa shape index (κ1) is 14.8. The van der Waals surface area contributed by atoms with Gasteiger partial charge in [-0.2, -0.15) is 5.10 Å². The average Bonchev–Trinajstić information content (AvgIpc) is 2.96. The van der Waals surface area contributed by atoms with Crippen LogP contribution in [0.25, 0.3) is 10.1 Å². The van der Waals surface area contributed by atoms with Crippen LogP contribution in [0.1, 0.15) is 23.2 Å². The highest BCUT2D eigenvalue weighted by atomic mass is 79.9. The van der Waals surface area contributed by atoms with Crippen molar-refractivity contribution >= 4 is 37.4 Å². The summed E-state index contributed by atoms with van der Waals surface area (Å²) in [4.78, 5) is 0.981. The van der Waals surface area contributed by atoms with Crippen LogP contribution in [0.15, 0.2) is 34.8 Å². The van der Waals surface area contributed by atoms with Crippen molar-refractivity contribution in [3.63, 3.8) is 0 Å². The van der Waals surface area contributed by atoms with Crippen LogP contribution in [0.5, 0.6) is 0 Å². The average molecular weight is 365 g/mol. The van der Waals surface area contributed by atoms with Gasteiger partial charge >= 0.3 is 0 Å². The van der Waals surface area contributed by atoms with Crippen LogP contribution in [-0.4, -0.2) is 14.9 Å². The summed E-state index contributed by atoms with van der Waals surface area (Å²) in [5.74, 6) is 0. The minimum atomic E-state index is -0.910. The van der Waals surface area contributed by atoms with E-state index in [1.807, 2.05) is 37.7 Å². The fourth-order valence-electron chi connectivity index (χ4n) is 2.53. The fraction of sp³-hybridized carbons (Fsp3) is 0.312. The van der Waals surface area contributed by atoms with Crippen molar-refractivity contribution in [2.75, 3.05) is 0 Å². The molecule has 3 aromatic rings. The van der Waals surface area contributed by atoms with Gasteiger partial charge in [-0.1, -0.05) is 18.2 Å². The van der Waals surface area contributed by atoms with E-state index < -0.39 is 5.60 Å². The zero-order valence-electron chi connectivity index (χ0n) is 12.2. The molecule has 1 aromatic carbocycles. The molecule has 0 aliphatic heterocycles. The molecule has 1 N–H and O–H groups in total. The van der Waals surface area contributed by atoms with E-state index in [0.29, 0.717) is 6.42 Å². The second-order valence-corrected chi connectivity index (χ2v) is 7.45. The quantitative estimate of drug-likeness (QED) is 0.757. The second-order valence-electron chi connectivity index (χ2n) is 5.57. The molecule has 0 aliphatic carbocycles. The van der Waals surface area contributed by atoms with Gasteiger partial charge in [-0.15, -0.1) is 11.3 Å². The molecule has 5 heteroatoms. The Hall–Kier alpha value is -1.17. The van der Waals surface area contributed by atoms with Crippen molar-refractivity contribution in [1.29, 1.82) is 0 Å². The highest BCUT2D eigenvalue weighted by molar-refractivity contribution is 9.10. The number of hydrogen-bond acceptors (Lipinski definition) is 3. The first-order valence-electron chi connectivity index (χ1n) is 6.78. The van der Waals surface area contributed by atoms with Gasteiger partial charge in [0.05, 0.1) is 15.9 Å². The molecule has 1 unspecified atom stereocenters. The molecule has 110 valence electrons. The molecule has 2 heterocycles. The number of benzene rings is 1. The van der Waals surface area contributed by atoms with Crippen molar-refractivity contribution in [2.45, 2.75) is 25.9 Å². The molecule has 0 radical (unpaired) electrons. The van der Waals surface area contributed by atoms with E-state index in [1.54, 1.807) is 11.3 Å². The Kier molecular flexibility index (Phi) is 3.67. The first-order chi connectivity index (χ1) is 9.88. The topological polar surface area (TPSA) is 38.0 Å². The molecule has 0 spiro atoms. The lowest BCUT2D eigenvalue weighted by atomic mass is 9.97. The van der Waals surface area contributed by atoms with E-state index in [2.05, 4.69) is 39.2 Å². The molecule has 3 nitrogen and oxygen atoms in total.